The molecule has 7 heteroatoms. The molecule has 0 fully saturated rings. The molecule has 0 aliphatic rings. The van der Waals surface area contributed by atoms with E-state index in [1.807, 2.05) is 0 Å². The minimum Gasteiger partial charge on any atom is -0.450 e. The SMILES string of the molecule is CCCCCCCCCCCCCCCCCCCCCCPC(OC(C)=O)C(OC(C)=O)OC(C)=O. The second-order valence-electron chi connectivity index (χ2n) is 10.3. The third-order valence-electron chi connectivity index (χ3n) is 6.48. The van der Waals surface area contributed by atoms with Gasteiger partial charge in [0.2, 0.25) is 0 Å². The summed E-state index contributed by atoms with van der Waals surface area (Å²) in [5.41, 5.74) is 0. The Morgan fingerprint density at radius 1 is 0.486 bits per heavy atom. The molecule has 0 radical (unpaired) electrons. The molecular formula is C30H57O6P. The largest absolute Gasteiger partial charge is 0.450 e. The summed E-state index contributed by atoms with van der Waals surface area (Å²) < 4.78 is 15.4. The van der Waals surface area contributed by atoms with E-state index in [1.165, 1.54) is 136 Å². The van der Waals surface area contributed by atoms with Crippen LogP contribution < -0.4 is 0 Å². The quantitative estimate of drug-likeness (QED) is 0.0468. The maximum absolute atomic E-state index is 11.4. The number of rotatable bonds is 26. The molecule has 2 atom stereocenters. The Balaban J connectivity index is 3.63. The van der Waals surface area contributed by atoms with E-state index in [0.29, 0.717) is 0 Å². The number of hydrogen-bond donors (Lipinski definition) is 0. The van der Waals surface area contributed by atoms with Gasteiger partial charge in [0.15, 0.2) is 5.85 Å². The average Bonchev–Trinajstić information content (AvgIpc) is 2.83. The number of carbonyl (C=O) groups is 3. The molecule has 0 amide bonds. The van der Waals surface area contributed by atoms with Crippen LogP contribution in [0, 0.1) is 0 Å². The van der Waals surface area contributed by atoms with Crippen molar-refractivity contribution in [3.05, 3.63) is 0 Å². The first-order chi connectivity index (χ1) is 17.9. The third kappa shape index (κ3) is 26.2. The molecule has 0 saturated carbocycles. The van der Waals surface area contributed by atoms with Gasteiger partial charge in [-0.25, -0.2) is 0 Å². The Labute approximate surface area is 229 Å². The van der Waals surface area contributed by atoms with Gasteiger partial charge in [-0.05, 0) is 12.6 Å². The first-order valence-corrected chi connectivity index (χ1v) is 16.4. The lowest BCUT2D eigenvalue weighted by atomic mass is 10.0. The first-order valence-electron chi connectivity index (χ1n) is 15.1. The molecule has 0 saturated heterocycles. The van der Waals surface area contributed by atoms with Crippen LogP contribution in [0.5, 0.6) is 0 Å². The lowest BCUT2D eigenvalue weighted by molar-refractivity contribution is -0.201. The van der Waals surface area contributed by atoms with Gasteiger partial charge in [0.1, 0.15) is 0 Å². The van der Waals surface area contributed by atoms with Gasteiger partial charge in [-0.3, -0.25) is 14.4 Å². The molecule has 2 unspecified atom stereocenters. The van der Waals surface area contributed by atoms with Crippen LogP contribution in [0.4, 0.5) is 0 Å². The van der Waals surface area contributed by atoms with Crippen LogP contribution in [0.15, 0.2) is 0 Å². The lowest BCUT2D eigenvalue weighted by Gasteiger charge is -2.25. The van der Waals surface area contributed by atoms with Gasteiger partial charge < -0.3 is 14.2 Å². The second-order valence-corrected chi connectivity index (χ2v) is 11.8. The molecule has 218 valence electrons. The van der Waals surface area contributed by atoms with Crippen molar-refractivity contribution in [1.29, 1.82) is 0 Å². The van der Waals surface area contributed by atoms with Crippen LogP contribution in [0.2, 0.25) is 0 Å². The highest BCUT2D eigenvalue weighted by Crippen LogP contribution is 2.28. The number of ether oxygens (including phenoxy) is 3. The summed E-state index contributed by atoms with van der Waals surface area (Å²) >= 11 is 0. The van der Waals surface area contributed by atoms with Crippen molar-refractivity contribution in [1.82, 2.24) is 0 Å². The lowest BCUT2D eigenvalue weighted by Crippen LogP contribution is -2.35. The number of esters is 3. The molecule has 37 heavy (non-hydrogen) atoms. The summed E-state index contributed by atoms with van der Waals surface area (Å²) in [6, 6.07) is 0. The van der Waals surface area contributed by atoms with E-state index < -0.39 is 30.0 Å². The van der Waals surface area contributed by atoms with Gasteiger partial charge in [0.25, 0.3) is 6.29 Å². The zero-order valence-electron chi connectivity index (χ0n) is 24.5. The molecule has 0 aliphatic heterocycles. The fourth-order valence-corrected chi connectivity index (χ4v) is 5.79. The summed E-state index contributed by atoms with van der Waals surface area (Å²) in [6.45, 7) is 6.06. The van der Waals surface area contributed by atoms with Crippen molar-refractivity contribution in [2.45, 2.75) is 168 Å². The number of carbonyl (C=O) groups excluding carboxylic acids is 3. The second kappa shape index (κ2) is 26.4. The van der Waals surface area contributed by atoms with Crippen LogP contribution in [-0.4, -0.2) is 36.2 Å². The molecule has 0 aromatic heterocycles. The maximum Gasteiger partial charge on any atom is 0.305 e. The molecule has 0 rings (SSSR count). The van der Waals surface area contributed by atoms with Gasteiger partial charge in [-0.1, -0.05) is 138 Å². The van der Waals surface area contributed by atoms with Crippen molar-refractivity contribution in [3.8, 4) is 0 Å². The van der Waals surface area contributed by atoms with E-state index >= 15 is 0 Å². The van der Waals surface area contributed by atoms with Gasteiger partial charge in [0.05, 0.1) is 0 Å². The Morgan fingerprint density at radius 2 is 0.784 bits per heavy atom. The standard InChI is InChI=1S/C30H57O6P/c1-5-6-7-8-9-10-11-12-13-14-15-16-17-18-19-20-21-22-23-24-25-37-30(36-28(4)33)29(34-26(2)31)35-27(3)32/h29-30,37H,5-25H2,1-4H3. The molecular weight excluding hydrogens is 487 g/mol. The molecule has 0 N–H and O–H groups in total. The van der Waals surface area contributed by atoms with Gasteiger partial charge >= 0.3 is 17.9 Å². The average molecular weight is 545 g/mol. The Hall–Kier alpha value is -1.16. The van der Waals surface area contributed by atoms with Crippen LogP contribution >= 0.6 is 8.58 Å². The molecule has 0 bridgehead atoms. The van der Waals surface area contributed by atoms with E-state index in [9.17, 15) is 14.4 Å². The Kier molecular flexibility index (Phi) is 25.6. The highest BCUT2D eigenvalue weighted by molar-refractivity contribution is 7.38. The normalized spacial score (nSPS) is 12.2. The molecule has 6 nitrogen and oxygen atoms in total. The van der Waals surface area contributed by atoms with E-state index in [0.717, 1.165) is 19.0 Å². The smallest absolute Gasteiger partial charge is 0.305 e. The maximum atomic E-state index is 11.4. The molecule has 0 aromatic carbocycles. The van der Waals surface area contributed by atoms with Crippen LogP contribution in [-0.2, 0) is 28.6 Å². The molecule has 0 heterocycles. The third-order valence-corrected chi connectivity index (χ3v) is 7.91. The van der Waals surface area contributed by atoms with Crippen molar-refractivity contribution in [2.24, 2.45) is 0 Å². The van der Waals surface area contributed by atoms with Crippen LogP contribution in [0.1, 0.15) is 156 Å². The Bertz CT molecular complexity index is 552. The van der Waals surface area contributed by atoms with Gasteiger partial charge in [-0.15, -0.1) is 0 Å². The van der Waals surface area contributed by atoms with Crippen LogP contribution in [0.25, 0.3) is 0 Å². The van der Waals surface area contributed by atoms with Crippen molar-refractivity contribution < 1.29 is 28.6 Å². The summed E-state index contributed by atoms with van der Waals surface area (Å²) in [7, 11) is 0.208. The monoisotopic (exact) mass is 544 g/mol. The molecule has 0 aromatic rings. The number of unbranched alkanes of at least 4 members (excludes halogenated alkanes) is 19. The topological polar surface area (TPSA) is 78.9 Å². The van der Waals surface area contributed by atoms with Crippen molar-refractivity contribution >= 4 is 26.5 Å². The Morgan fingerprint density at radius 3 is 1.08 bits per heavy atom. The minimum absolute atomic E-state index is 0.208. The van der Waals surface area contributed by atoms with Crippen LogP contribution in [0.3, 0.4) is 0 Å². The van der Waals surface area contributed by atoms with Crippen molar-refractivity contribution in [3.63, 3.8) is 0 Å². The summed E-state index contributed by atoms with van der Waals surface area (Å²) in [5, 5.41) is 0. The summed E-state index contributed by atoms with van der Waals surface area (Å²) in [5.74, 6) is -2.38. The summed E-state index contributed by atoms with van der Waals surface area (Å²) in [4.78, 5) is 34.1. The minimum atomic E-state index is -1.18. The van der Waals surface area contributed by atoms with E-state index in [4.69, 9.17) is 14.2 Å². The predicted octanol–water partition coefficient (Wildman–Crippen LogP) is 8.83. The van der Waals surface area contributed by atoms with Gasteiger partial charge in [-0.2, -0.15) is 0 Å². The molecule has 0 spiro atoms. The van der Waals surface area contributed by atoms with Gasteiger partial charge in [0, 0.05) is 20.8 Å². The van der Waals surface area contributed by atoms with Crippen molar-refractivity contribution in [2.75, 3.05) is 6.16 Å². The van der Waals surface area contributed by atoms with E-state index in [-0.39, 0.29) is 8.58 Å². The fourth-order valence-electron chi connectivity index (χ4n) is 4.47. The molecule has 0 aliphatic carbocycles. The van der Waals surface area contributed by atoms with E-state index in [2.05, 4.69) is 6.92 Å². The number of hydrogen-bond acceptors (Lipinski definition) is 6. The predicted molar refractivity (Wildman–Crippen MR) is 154 cm³/mol. The zero-order chi connectivity index (χ0) is 27.6. The zero-order valence-corrected chi connectivity index (χ0v) is 25.5. The summed E-state index contributed by atoms with van der Waals surface area (Å²) in [6.07, 6.45) is 26.6. The highest BCUT2D eigenvalue weighted by Gasteiger charge is 2.29. The first kappa shape index (κ1) is 35.8. The fraction of sp³-hybridized carbons (Fsp3) is 0.900. The van der Waals surface area contributed by atoms with E-state index in [1.54, 1.807) is 0 Å². The highest BCUT2D eigenvalue weighted by atomic mass is 31.1.